The van der Waals surface area contributed by atoms with E-state index in [1.165, 1.54) is 29.8 Å². The van der Waals surface area contributed by atoms with Crippen molar-refractivity contribution in [3.63, 3.8) is 0 Å². The van der Waals surface area contributed by atoms with Crippen LogP contribution in [0, 0.1) is 0 Å². The fraction of sp³-hybridized carbons (Fsp3) is 0.115. The molecule has 3 aromatic carbocycles. The van der Waals surface area contributed by atoms with E-state index in [-0.39, 0.29) is 17.0 Å². The second kappa shape index (κ2) is 9.00. The first kappa shape index (κ1) is 21.8. The van der Waals surface area contributed by atoms with E-state index in [0.29, 0.717) is 11.3 Å². The van der Waals surface area contributed by atoms with Crippen LogP contribution < -0.4 is 5.43 Å². The number of aromatic carboxylic acids is 1. The van der Waals surface area contributed by atoms with Crippen molar-refractivity contribution in [2.45, 2.75) is 20.3 Å². The molecule has 0 aliphatic heterocycles. The minimum atomic E-state index is -1.12. The van der Waals surface area contributed by atoms with Crippen LogP contribution in [0.5, 0.6) is 5.88 Å². The summed E-state index contributed by atoms with van der Waals surface area (Å²) in [6.45, 7) is 3.78. The zero-order chi connectivity index (χ0) is 23.5. The molecule has 3 N–H and O–H groups in total. The Morgan fingerprint density at radius 3 is 2.36 bits per heavy atom. The molecule has 0 unspecified atom stereocenters. The maximum absolute atomic E-state index is 12.5. The predicted molar refractivity (Wildman–Crippen MR) is 127 cm³/mol. The molecule has 4 aromatic rings. The van der Waals surface area contributed by atoms with Crippen molar-refractivity contribution in [3.05, 3.63) is 95.1 Å². The summed E-state index contributed by atoms with van der Waals surface area (Å²) in [5, 5.41) is 25.2. The Hall–Kier alpha value is -4.39. The van der Waals surface area contributed by atoms with Crippen molar-refractivity contribution >= 4 is 28.5 Å². The molecule has 1 amide bonds. The zero-order valence-corrected chi connectivity index (χ0v) is 18.2. The Bertz CT molecular complexity index is 1380. The van der Waals surface area contributed by atoms with Crippen LogP contribution in [0.4, 0.5) is 0 Å². The summed E-state index contributed by atoms with van der Waals surface area (Å²) in [5.41, 5.74) is 6.38. The minimum absolute atomic E-state index is 0.0122. The van der Waals surface area contributed by atoms with Gasteiger partial charge in [0.2, 0.25) is 5.88 Å². The van der Waals surface area contributed by atoms with Crippen LogP contribution in [0.1, 0.15) is 45.7 Å². The van der Waals surface area contributed by atoms with Crippen LogP contribution in [0.2, 0.25) is 0 Å². The molecule has 7 nitrogen and oxygen atoms in total. The van der Waals surface area contributed by atoms with Gasteiger partial charge in [-0.1, -0.05) is 43.3 Å². The van der Waals surface area contributed by atoms with E-state index in [1.807, 2.05) is 48.5 Å². The third-order valence-electron chi connectivity index (χ3n) is 5.51. The van der Waals surface area contributed by atoms with Crippen molar-refractivity contribution in [1.82, 2.24) is 9.99 Å². The summed E-state index contributed by atoms with van der Waals surface area (Å²) in [6.07, 6.45) is 0.921. The molecule has 0 spiro atoms. The molecule has 166 valence electrons. The highest BCUT2D eigenvalue weighted by Gasteiger charge is 2.20. The average Bonchev–Trinajstić information content (AvgIpc) is 3.14. The number of nitrogens with one attached hydrogen (secondary N) is 1. The molecule has 7 heteroatoms. The number of hydrazone groups is 1. The lowest BCUT2D eigenvalue weighted by molar-refractivity contribution is 0.0697. The smallest absolute Gasteiger partial charge is 0.335 e. The molecular formula is C26H23N3O4. The third kappa shape index (κ3) is 4.21. The highest BCUT2D eigenvalue weighted by Crippen LogP contribution is 2.34. The first-order chi connectivity index (χ1) is 15.9. The van der Waals surface area contributed by atoms with E-state index in [2.05, 4.69) is 17.5 Å². The van der Waals surface area contributed by atoms with Gasteiger partial charge in [-0.25, -0.2) is 10.2 Å². The number of fused-ring (bicyclic) bond motifs is 1. The molecule has 0 aliphatic carbocycles. The quantitative estimate of drug-likeness (QED) is 0.297. The number of carbonyl (C=O) groups is 2. The van der Waals surface area contributed by atoms with Crippen molar-refractivity contribution in [2.75, 3.05) is 0 Å². The minimum Gasteiger partial charge on any atom is -0.494 e. The normalized spacial score (nSPS) is 11.5. The molecule has 33 heavy (non-hydrogen) atoms. The molecule has 0 saturated carbocycles. The molecule has 1 aromatic heterocycles. The zero-order valence-electron chi connectivity index (χ0n) is 18.2. The number of carbonyl (C=O) groups excluding carboxylic acids is 1. The van der Waals surface area contributed by atoms with Crippen molar-refractivity contribution in [3.8, 4) is 11.6 Å². The van der Waals surface area contributed by atoms with Gasteiger partial charge in [0.15, 0.2) is 0 Å². The largest absolute Gasteiger partial charge is 0.494 e. The van der Waals surface area contributed by atoms with Crippen LogP contribution >= 0.6 is 0 Å². The molecule has 0 atom stereocenters. The van der Waals surface area contributed by atoms with E-state index in [1.54, 1.807) is 11.5 Å². The monoisotopic (exact) mass is 441 g/mol. The van der Waals surface area contributed by atoms with Gasteiger partial charge in [0.25, 0.3) is 5.91 Å². The molecule has 4 rings (SSSR count). The number of benzene rings is 3. The number of carboxylic acids is 1. The van der Waals surface area contributed by atoms with E-state index in [4.69, 9.17) is 5.11 Å². The highest BCUT2D eigenvalue weighted by atomic mass is 16.4. The lowest BCUT2D eigenvalue weighted by Crippen LogP contribution is -2.19. The van der Waals surface area contributed by atoms with Gasteiger partial charge in [0.1, 0.15) is 0 Å². The maximum atomic E-state index is 12.5. The highest BCUT2D eigenvalue weighted by molar-refractivity contribution is 6.13. The number of hydrogen-bond donors (Lipinski definition) is 3. The number of aromatic nitrogens is 1. The lowest BCUT2D eigenvalue weighted by atomic mass is 10.1. The maximum Gasteiger partial charge on any atom is 0.335 e. The Kier molecular flexibility index (Phi) is 5.95. The van der Waals surface area contributed by atoms with Crippen LogP contribution in [-0.4, -0.2) is 32.4 Å². The fourth-order valence-electron chi connectivity index (χ4n) is 3.77. The Balaban J connectivity index is 1.71. The fourth-order valence-corrected chi connectivity index (χ4v) is 3.77. The first-order valence-corrected chi connectivity index (χ1v) is 10.5. The van der Waals surface area contributed by atoms with Gasteiger partial charge in [-0.15, -0.1) is 0 Å². The lowest BCUT2D eigenvalue weighted by Gasteiger charge is -2.08. The van der Waals surface area contributed by atoms with Crippen LogP contribution in [-0.2, 0) is 6.42 Å². The van der Waals surface area contributed by atoms with Crippen LogP contribution in [0.3, 0.4) is 0 Å². The first-order valence-electron chi connectivity index (χ1n) is 10.5. The van der Waals surface area contributed by atoms with Crippen molar-refractivity contribution < 1.29 is 19.8 Å². The molecular weight excluding hydrogens is 418 g/mol. The number of nitrogens with zero attached hydrogens (tertiary/aromatic N) is 2. The molecule has 0 aliphatic rings. The van der Waals surface area contributed by atoms with Gasteiger partial charge >= 0.3 is 5.97 Å². The molecule has 1 heterocycles. The number of amides is 1. The standard InChI is InChI=1S/C26H23N3O4/c1-3-17-11-13-20(14-12-17)29-22-10-5-4-9-21(22)23(25(29)31)16(2)27-28-24(30)18-7-6-8-19(15-18)26(32)33/h4-15,31H,3H2,1-2H3,(H,28,30)(H,32,33)/b27-16+. The van der Waals surface area contributed by atoms with Gasteiger partial charge < -0.3 is 10.2 Å². The van der Waals surface area contributed by atoms with Crippen molar-refractivity contribution in [2.24, 2.45) is 5.10 Å². The van der Waals surface area contributed by atoms with Gasteiger partial charge in [-0.05, 0) is 55.3 Å². The van der Waals surface area contributed by atoms with Gasteiger partial charge in [-0.3, -0.25) is 9.36 Å². The summed E-state index contributed by atoms with van der Waals surface area (Å²) in [4.78, 5) is 23.7. The van der Waals surface area contributed by atoms with Crippen LogP contribution in [0.15, 0.2) is 77.9 Å². The van der Waals surface area contributed by atoms with Gasteiger partial charge in [-0.2, -0.15) is 5.10 Å². The molecule has 0 bridgehead atoms. The Morgan fingerprint density at radius 2 is 1.67 bits per heavy atom. The Morgan fingerprint density at radius 1 is 0.970 bits per heavy atom. The molecule has 0 radical (unpaired) electrons. The second-order valence-corrected chi connectivity index (χ2v) is 7.60. The predicted octanol–water partition coefficient (Wildman–Crippen LogP) is 4.75. The third-order valence-corrected chi connectivity index (χ3v) is 5.51. The summed E-state index contributed by atoms with van der Waals surface area (Å²) in [7, 11) is 0. The Labute approximate surface area is 190 Å². The van der Waals surface area contributed by atoms with E-state index < -0.39 is 11.9 Å². The van der Waals surface area contributed by atoms with Gasteiger partial charge in [0, 0.05) is 16.6 Å². The number of hydrogen-bond acceptors (Lipinski definition) is 4. The number of carboxylic acid groups (broad SMARTS) is 1. The van der Waals surface area contributed by atoms with Crippen molar-refractivity contribution in [1.29, 1.82) is 0 Å². The van der Waals surface area contributed by atoms with Crippen LogP contribution in [0.25, 0.3) is 16.6 Å². The summed E-state index contributed by atoms with van der Waals surface area (Å²) in [6, 6.07) is 21.2. The molecule has 0 fully saturated rings. The van der Waals surface area contributed by atoms with E-state index in [0.717, 1.165) is 23.0 Å². The number of aromatic hydroxyl groups is 1. The number of para-hydroxylation sites is 1. The average molecular weight is 441 g/mol. The SMILES string of the molecule is CCc1ccc(-n2c(O)c(/C(C)=N/NC(=O)c3cccc(C(=O)O)c3)c3ccccc32)cc1. The van der Waals surface area contributed by atoms with E-state index in [9.17, 15) is 14.7 Å². The summed E-state index contributed by atoms with van der Waals surface area (Å²) < 4.78 is 1.75. The molecule has 0 saturated heterocycles. The summed E-state index contributed by atoms with van der Waals surface area (Å²) in [5.74, 6) is -1.64. The topological polar surface area (TPSA) is 104 Å². The van der Waals surface area contributed by atoms with Gasteiger partial charge in [0.05, 0.1) is 22.4 Å². The van der Waals surface area contributed by atoms with E-state index >= 15 is 0 Å². The second-order valence-electron chi connectivity index (χ2n) is 7.60. The summed E-state index contributed by atoms with van der Waals surface area (Å²) >= 11 is 0. The number of rotatable bonds is 6. The number of aryl methyl sites for hydroxylation is 1.